The SMILES string of the molecule is Cc1cccc(OCCNc2ccc(C(N)=S)c(Cl)c2)c1. The van der Waals surface area contributed by atoms with Crippen molar-refractivity contribution in [2.24, 2.45) is 5.73 Å². The average Bonchev–Trinajstić information content (AvgIpc) is 2.43. The minimum absolute atomic E-state index is 0.300. The summed E-state index contributed by atoms with van der Waals surface area (Å²) in [6.07, 6.45) is 0. The van der Waals surface area contributed by atoms with E-state index in [1.165, 1.54) is 5.56 Å². The molecule has 0 saturated carbocycles. The number of rotatable bonds is 6. The largest absolute Gasteiger partial charge is 0.492 e. The van der Waals surface area contributed by atoms with Crippen LogP contribution in [0.4, 0.5) is 5.69 Å². The van der Waals surface area contributed by atoms with Gasteiger partial charge in [-0.25, -0.2) is 0 Å². The molecule has 21 heavy (non-hydrogen) atoms. The molecule has 0 spiro atoms. The summed E-state index contributed by atoms with van der Waals surface area (Å²) in [5, 5.41) is 3.79. The number of halogens is 1. The quantitative estimate of drug-likeness (QED) is 0.628. The predicted octanol–water partition coefficient (Wildman–Crippen LogP) is 3.77. The van der Waals surface area contributed by atoms with Gasteiger partial charge in [0.25, 0.3) is 0 Å². The zero-order valence-electron chi connectivity index (χ0n) is 11.7. The van der Waals surface area contributed by atoms with Gasteiger partial charge in [0.05, 0.1) is 5.02 Å². The minimum Gasteiger partial charge on any atom is -0.492 e. The van der Waals surface area contributed by atoms with Crippen LogP contribution in [0, 0.1) is 6.92 Å². The van der Waals surface area contributed by atoms with Crippen molar-refractivity contribution in [3.63, 3.8) is 0 Å². The van der Waals surface area contributed by atoms with E-state index in [1.54, 1.807) is 0 Å². The molecular weight excluding hydrogens is 304 g/mol. The molecule has 0 bridgehead atoms. The van der Waals surface area contributed by atoms with Crippen LogP contribution in [0.1, 0.15) is 11.1 Å². The summed E-state index contributed by atoms with van der Waals surface area (Å²) in [5.74, 6) is 0.874. The number of aryl methyl sites for hydroxylation is 1. The average molecular weight is 321 g/mol. The van der Waals surface area contributed by atoms with Gasteiger partial charge in [0.1, 0.15) is 17.3 Å². The first kappa shape index (κ1) is 15.6. The topological polar surface area (TPSA) is 47.3 Å². The van der Waals surface area contributed by atoms with E-state index in [0.717, 1.165) is 11.4 Å². The van der Waals surface area contributed by atoms with Gasteiger partial charge in [0.15, 0.2) is 0 Å². The highest BCUT2D eigenvalue weighted by molar-refractivity contribution is 7.80. The molecule has 0 aliphatic rings. The Morgan fingerprint density at radius 1 is 1.29 bits per heavy atom. The number of ether oxygens (including phenoxy) is 1. The highest BCUT2D eigenvalue weighted by atomic mass is 35.5. The third-order valence-corrected chi connectivity index (χ3v) is 3.46. The third-order valence-electron chi connectivity index (χ3n) is 2.92. The minimum atomic E-state index is 0.300. The van der Waals surface area contributed by atoms with Crippen LogP contribution in [-0.2, 0) is 0 Å². The maximum atomic E-state index is 6.11. The normalized spacial score (nSPS) is 10.2. The van der Waals surface area contributed by atoms with Crippen molar-refractivity contribution in [1.29, 1.82) is 0 Å². The molecule has 3 N–H and O–H groups in total. The van der Waals surface area contributed by atoms with Gasteiger partial charge in [-0.15, -0.1) is 0 Å². The number of anilines is 1. The number of benzene rings is 2. The number of nitrogens with one attached hydrogen (secondary N) is 1. The van der Waals surface area contributed by atoms with E-state index in [9.17, 15) is 0 Å². The molecule has 2 rings (SSSR count). The van der Waals surface area contributed by atoms with Crippen LogP contribution in [-0.4, -0.2) is 18.1 Å². The number of hydrogen-bond acceptors (Lipinski definition) is 3. The van der Waals surface area contributed by atoms with Crippen LogP contribution in [0.15, 0.2) is 42.5 Å². The number of hydrogen-bond donors (Lipinski definition) is 2. The highest BCUT2D eigenvalue weighted by Gasteiger charge is 2.04. The zero-order valence-corrected chi connectivity index (χ0v) is 13.3. The van der Waals surface area contributed by atoms with Crippen molar-refractivity contribution in [2.45, 2.75) is 6.92 Å². The molecule has 2 aromatic carbocycles. The van der Waals surface area contributed by atoms with Crippen molar-refractivity contribution in [3.05, 3.63) is 58.6 Å². The highest BCUT2D eigenvalue weighted by Crippen LogP contribution is 2.20. The second-order valence-corrected chi connectivity index (χ2v) is 5.50. The second kappa shape index (κ2) is 7.29. The lowest BCUT2D eigenvalue weighted by atomic mass is 10.2. The molecule has 0 unspecified atom stereocenters. The van der Waals surface area contributed by atoms with E-state index in [-0.39, 0.29) is 0 Å². The molecular formula is C16H17ClN2OS. The van der Waals surface area contributed by atoms with Gasteiger partial charge in [0, 0.05) is 17.8 Å². The van der Waals surface area contributed by atoms with Crippen LogP contribution in [0.2, 0.25) is 5.02 Å². The van der Waals surface area contributed by atoms with Crippen molar-refractivity contribution < 1.29 is 4.74 Å². The van der Waals surface area contributed by atoms with Gasteiger partial charge in [-0.2, -0.15) is 0 Å². The van der Waals surface area contributed by atoms with Crippen LogP contribution in [0.3, 0.4) is 0 Å². The first-order valence-electron chi connectivity index (χ1n) is 6.59. The van der Waals surface area contributed by atoms with Gasteiger partial charge in [-0.3, -0.25) is 0 Å². The van der Waals surface area contributed by atoms with E-state index in [1.807, 2.05) is 49.4 Å². The van der Waals surface area contributed by atoms with Gasteiger partial charge >= 0.3 is 0 Å². The van der Waals surface area contributed by atoms with E-state index in [4.69, 9.17) is 34.3 Å². The summed E-state index contributed by atoms with van der Waals surface area (Å²) < 4.78 is 5.66. The van der Waals surface area contributed by atoms with Gasteiger partial charge < -0.3 is 15.8 Å². The van der Waals surface area contributed by atoms with Crippen LogP contribution < -0.4 is 15.8 Å². The summed E-state index contributed by atoms with van der Waals surface area (Å²) >= 11 is 11.0. The molecule has 0 atom stereocenters. The van der Waals surface area contributed by atoms with Crippen molar-refractivity contribution in [2.75, 3.05) is 18.5 Å². The lowest BCUT2D eigenvalue weighted by molar-refractivity contribution is 0.332. The fourth-order valence-electron chi connectivity index (χ4n) is 1.89. The molecule has 0 fully saturated rings. The van der Waals surface area contributed by atoms with E-state index >= 15 is 0 Å². The summed E-state index contributed by atoms with van der Waals surface area (Å²) in [6.45, 7) is 3.28. The Bertz CT molecular complexity index is 646. The van der Waals surface area contributed by atoms with Crippen LogP contribution in [0.25, 0.3) is 0 Å². The summed E-state index contributed by atoms with van der Waals surface area (Å²) in [4.78, 5) is 0.300. The van der Waals surface area contributed by atoms with E-state index < -0.39 is 0 Å². The third kappa shape index (κ3) is 4.62. The van der Waals surface area contributed by atoms with Crippen LogP contribution in [0.5, 0.6) is 5.75 Å². The molecule has 0 radical (unpaired) electrons. The van der Waals surface area contributed by atoms with Crippen molar-refractivity contribution in [3.8, 4) is 5.75 Å². The fraction of sp³-hybridized carbons (Fsp3) is 0.188. The Hall–Kier alpha value is -1.78. The Balaban J connectivity index is 1.84. The Morgan fingerprint density at radius 3 is 2.76 bits per heavy atom. The number of thiocarbonyl (C=S) groups is 1. The van der Waals surface area contributed by atoms with Crippen LogP contribution >= 0.6 is 23.8 Å². The second-order valence-electron chi connectivity index (χ2n) is 4.65. The smallest absolute Gasteiger partial charge is 0.119 e. The Kier molecular flexibility index (Phi) is 5.42. The van der Waals surface area contributed by atoms with E-state index in [2.05, 4.69) is 5.32 Å². The zero-order chi connectivity index (χ0) is 15.2. The molecule has 5 heteroatoms. The molecule has 0 amide bonds. The maximum absolute atomic E-state index is 6.11. The monoisotopic (exact) mass is 320 g/mol. The first-order valence-corrected chi connectivity index (χ1v) is 7.37. The lowest BCUT2D eigenvalue weighted by Gasteiger charge is -2.10. The van der Waals surface area contributed by atoms with Gasteiger partial charge in [-0.1, -0.05) is 36.0 Å². The van der Waals surface area contributed by atoms with Crippen molar-refractivity contribution >= 4 is 34.5 Å². The first-order chi connectivity index (χ1) is 10.1. The molecule has 0 aliphatic carbocycles. The molecule has 110 valence electrons. The Morgan fingerprint density at radius 2 is 2.10 bits per heavy atom. The van der Waals surface area contributed by atoms with Crippen molar-refractivity contribution in [1.82, 2.24) is 0 Å². The summed E-state index contributed by atoms with van der Waals surface area (Å²) in [7, 11) is 0. The maximum Gasteiger partial charge on any atom is 0.119 e. The molecule has 0 aliphatic heterocycles. The molecule has 3 nitrogen and oxygen atoms in total. The molecule has 0 aromatic heterocycles. The molecule has 0 saturated heterocycles. The summed E-state index contributed by atoms with van der Waals surface area (Å²) in [5.41, 5.74) is 8.35. The molecule has 2 aromatic rings. The fourth-order valence-corrected chi connectivity index (χ4v) is 2.41. The lowest BCUT2D eigenvalue weighted by Crippen LogP contribution is -2.13. The predicted molar refractivity (Wildman–Crippen MR) is 92.5 cm³/mol. The molecule has 0 heterocycles. The van der Waals surface area contributed by atoms with Gasteiger partial charge in [-0.05, 0) is 42.8 Å². The standard InChI is InChI=1S/C16H17ClN2OS/c1-11-3-2-4-13(9-11)20-8-7-19-12-5-6-14(16(18)21)15(17)10-12/h2-6,9-10,19H,7-8H2,1H3,(H2,18,21). The number of nitrogens with two attached hydrogens (primary N) is 1. The Labute approximate surface area is 135 Å². The van der Waals surface area contributed by atoms with Gasteiger partial charge in [0.2, 0.25) is 0 Å². The van der Waals surface area contributed by atoms with E-state index in [0.29, 0.717) is 28.7 Å². The summed E-state index contributed by atoms with van der Waals surface area (Å²) in [6, 6.07) is 13.5.